The second-order valence-electron chi connectivity index (χ2n) is 3.51. The van der Waals surface area contributed by atoms with Crippen molar-refractivity contribution in [3.05, 3.63) is 29.6 Å². The third kappa shape index (κ3) is 1.93. The van der Waals surface area contributed by atoms with E-state index in [9.17, 15) is 9.18 Å². The van der Waals surface area contributed by atoms with E-state index >= 15 is 0 Å². The molecule has 3 nitrogen and oxygen atoms in total. The number of benzene rings is 1. The fraction of sp³-hybridized carbons (Fsp3) is 0.364. The van der Waals surface area contributed by atoms with Gasteiger partial charge in [0.05, 0.1) is 0 Å². The van der Waals surface area contributed by atoms with Crippen LogP contribution in [-0.2, 0) is 11.2 Å². The number of carbonyl (C=O) groups is 1. The van der Waals surface area contributed by atoms with Gasteiger partial charge in [-0.3, -0.25) is 4.79 Å². The van der Waals surface area contributed by atoms with Crippen LogP contribution >= 0.6 is 0 Å². The Labute approximate surface area is 87.2 Å². The standard InChI is InChI=1S/C11H12FNO2/c1-13-11(14)10-4-2-7-6-8(12)3-5-9(7)15-10/h3,5-6,10H,2,4H2,1H3,(H,13,14). The smallest absolute Gasteiger partial charge is 0.260 e. The van der Waals surface area contributed by atoms with Crippen LogP contribution in [0.15, 0.2) is 18.2 Å². The number of amides is 1. The largest absolute Gasteiger partial charge is 0.480 e. The summed E-state index contributed by atoms with van der Waals surface area (Å²) >= 11 is 0. The highest BCUT2D eigenvalue weighted by molar-refractivity contribution is 5.81. The average molecular weight is 209 g/mol. The van der Waals surface area contributed by atoms with E-state index in [0.717, 1.165) is 5.56 Å². The number of hydrogen-bond acceptors (Lipinski definition) is 2. The number of carbonyl (C=O) groups excluding carboxylic acids is 1. The van der Waals surface area contributed by atoms with E-state index in [4.69, 9.17) is 4.74 Å². The quantitative estimate of drug-likeness (QED) is 0.756. The lowest BCUT2D eigenvalue weighted by molar-refractivity contribution is -0.128. The molecule has 1 atom stereocenters. The summed E-state index contributed by atoms with van der Waals surface area (Å²) in [4.78, 5) is 11.3. The Morgan fingerprint density at radius 1 is 1.60 bits per heavy atom. The second kappa shape index (κ2) is 3.88. The van der Waals surface area contributed by atoms with E-state index in [0.29, 0.717) is 18.6 Å². The Hall–Kier alpha value is -1.58. The molecular formula is C11H12FNO2. The van der Waals surface area contributed by atoms with Crippen LogP contribution in [0.1, 0.15) is 12.0 Å². The maximum Gasteiger partial charge on any atom is 0.260 e. The molecule has 1 amide bonds. The van der Waals surface area contributed by atoms with Gasteiger partial charge in [0.15, 0.2) is 6.10 Å². The van der Waals surface area contributed by atoms with Gasteiger partial charge in [-0.15, -0.1) is 0 Å². The zero-order valence-corrected chi connectivity index (χ0v) is 8.42. The lowest BCUT2D eigenvalue weighted by Crippen LogP contribution is -2.38. The van der Waals surface area contributed by atoms with Crippen molar-refractivity contribution in [2.24, 2.45) is 0 Å². The number of likely N-dealkylation sites (N-methyl/N-ethyl adjacent to an activating group) is 1. The first kappa shape index (κ1) is 9.96. The molecule has 15 heavy (non-hydrogen) atoms. The number of aryl methyl sites for hydroxylation is 1. The van der Waals surface area contributed by atoms with Gasteiger partial charge in [-0.1, -0.05) is 0 Å². The Morgan fingerprint density at radius 2 is 2.40 bits per heavy atom. The van der Waals surface area contributed by atoms with Crippen LogP contribution in [0.3, 0.4) is 0 Å². The van der Waals surface area contributed by atoms with Crippen molar-refractivity contribution >= 4 is 5.91 Å². The van der Waals surface area contributed by atoms with Crippen LogP contribution < -0.4 is 10.1 Å². The number of halogens is 1. The Bertz CT molecular complexity index is 392. The molecule has 1 heterocycles. The van der Waals surface area contributed by atoms with Crippen molar-refractivity contribution in [1.82, 2.24) is 5.32 Å². The Kier molecular flexibility index (Phi) is 2.58. The number of ether oxygens (including phenoxy) is 1. The Morgan fingerprint density at radius 3 is 3.13 bits per heavy atom. The van der Waals surface area contributed by atoms with Crippen molar-refractivity contribution in [2.75, 3.05) is 7.05 Å². The maximum absolute atomic E-state index is 12.9. The van der Waals surface area contributed by atoms with Gasteiger partial charge < -0.3 is 10.1 Å². The molecule has 1 aliphatic heterocycles. The summed E-state index contributed by atoms with van der Waals surface area (Å²) in [6.07, 6.45) is 0.814. The minimum absolute atomic E-state index is 0.134. The topological polar surface area (TPSA) is 38.3 Å². The van der Waals surface area contributed by atoms with Gasteiger partial charge in [-0.25, -0.2) is 4.39 Å². The van der Waals surface area contributed by atoms with Gasteiger partial charge >= 0.3 is 0 Å². The monoisotopic (exact) mass is 209 g/mol. The Balaban J connectivity index is 2.20. The van der Waals surface area contributed by atoms with Gasteiger partial charge in [0.2, 0.25) is 0 Å². The van der Waals surface area contributed by atoms with Gasteiger partial charge in [-0.2, -0.15) is 0 Å². The summed E-state index contributed by atoms with van der Waals surface area (Å²) in [6.45, 7) is 0. The molecular weight excluding hydrogens is 197 g/mol. The summed E-state index contributed by atoms with van der Waals surface area (Å²) in [5.74, 6) is 0.206. The summed E-state index contributed by atoms with van der Waals surface area (Å²) < 4.78 is 18.3. The highest BCUT2D eigenvalue weighted by atomic mass is 19.1. The molecule has 1 N–H and O–H groups in total. The number of hydrogen-bond donors (Lipinski definition) is 1. The third-order valence-corrected chi connectivity index (χ3v) is 2.51. The second-order valence-corrected chi connectivity index (χ2v) is 3.51. The molecule has 1 aliphatic rings. The van der Waals surface area contributed by atoms with E-state index in [-0.39, 0.29) is 11.7 Å². The van der Waals surface area contributed by atoms with Crippen LogP contribution in [0.5, 0.6) is 5.75 Å². The maximum atomic E-state index is 12.9. The fourth-order valence-electron chi connectivity index (χ4n) is 1.70. The normalized spacial score (nSPS) is 18.9. The summed E-state index contributed by atoms with van der Waals surface area (Å²) in [5, 5.41) is 2.54. The van der Waals surface area contributed by atoms with Gasteiger partial charge in [0.25, 0.3) is 5.91 Å². The summed E-state index contributed by atoms with van der Waals surface area (Å²) in [7, 11) is 1.58. The summed E-state index contributed by atoms with van der Waals surface area (Å²) in [5.41, 5.74) is 0.829. The molecule has 0 spiro atoms. The lowest BCUT2D eigenvalue weighted by atomic mass is 10.0. The molecule has 0 fully saturated rings. The average Bonchev–Trinajstić information content (AvgIpc) is 2.27. The molecule has 0 saturated heterocycles. The van der Waals surface area contributed by atoms with E-state index in [2.05, 4.69) is 5.32 Å². The molecule has 4 heteroatoms. The number of fused-ring (bicyclic) bond motifs is 1. The SMILES string of the molecule is CNC(=O)C1CCc2cc(F)ccc2O1. The van der Waals surface area contributed by atoms with Crippen LogP contribution in [0.2, 0.25) is 0 Å². The van der Waals surface area contributed by atoms with Crippen LogP contribution in [-0.4, -0.2) is 19.1 Å². The lowest BCUT2D eigenvalue weighted by Gasteiger charge is -2.24. The molecule has 0 aromatic heterocycles. The van der Waals surface area contributed by atoms with Crippen molar-refractivity contribution < 1.29 is 13.9 Å². The van der Waals surface area contributed by atoms with Gasteiger partial charge in [0, 0.05) is 7.05 Å². The first-order valence-electron chi connectivity index (χ1n) is 4.87. The van der Waals surface area contributed by atoms with E-state index < -0.39 is 6.10 Å². The molecule has 2 rings (SSSR count). The van der Waals surface area contributed by atoms with Crippen molar-refractivity contribution in [3.63, 3.8) is 0 Å². The minimum Gasteiger partial charge on any atom is -0.480 e. The summed E-state index contributed by atoms with van der Waals surface area (Å²) in [6, 6.07) is 4.36. The van der Waals surface area contributed by atoms with Crippen LogP contribution in [0, 0.1) is 5.82 Å². The van der Waals surface area contributed by atoms with E-state index in [1.165, 1.54) is 12.1 Å². The van der Waals surface area contributed by atoms with Crippen molar-refractivity contribution in [3.8, 4) is 5.75 Å². The highest BCUT2D eigenvalue weighted by Crippen LogP contribution is 2.28. The highest BCUT2D eigenvalue weighted by Gasteiger charge is 2.25. The van der Waals surface area contributed by atoms with E-state index in [1.54, 1.807) is 13.1 Å². The zero-order valence-electron chi connectivity index (χ0n) is 8.42. The molecule has 0 bridgehead atoms. The zero-order chi connectivity index (χ0) is 10.8. The predicted molar refractivity (Wildman–Crippen MR) is 53.2 cm³/mol. The van der Waals surface area contributed by atoms with Gasteiger partial charge in [0.1, 0.15) is 11.6 Å². The molecule has 0 saturated carbocycles. The number of nitrogens with one attached hydrogen (secondary N) is 1. The predicted octanol–water partition coefficient (Wildman–Crippen LogP) is 1.27. The van der Waals surface area contributed by atoms with E-state index in [1.807, 2.05) is 0 Å². The molecule has 0 radical (unpaired) electrons. The molecule has 80 valence electrons. The van der Waals surface area contributed by atoms with Crippen LogP contribution in [0.25, 0.3) is 0 Å². The molecule has 1 aromatic carbocycles. The number of rotatable bonds is 1. The first-order chi connectivity index (χ1) is 7.20. The van der Waals surface area contributed by atoms with Gasteiger partial charge in [-0.05, 0) is 36.6 Å². The minimum atomic E-state index is -0.451. The van der Waals surface area contributed by atoms with Crippen LogP contribution in [0.4, 0.5) is 4.39 Å². The molecule has 0 aliphatic carbocycles. The van der Waals surface area contributed by atoms with Crippen molar-refractivity contribution in [1.29, 1.82) is 0 Å². The molecule has 1 unspecified atom stereocenters. The third-order valence-electron chi connectivity index (χ3n) is 2.51. The molecule has 1 aromatic rings. The fourth-order valence-corrected chi connectivity index (χ4v) is 1.70. The van der Waals surface area contributed by atoms with Crippen molar-refractivity contribution in [2.45, 2.75) is 18.9 Å². The first-order valence-corrected chi connectivity index (χ1v) is 4.87.